The fourth-order valence-electron chi connectivity index (χ4n) is 2.63. The van der Waals surface area contributed by atoms with E-state index in [0.29, 0.717) is 12.1 Å². The zero-order chi connectivity index (χ0) is 13.4. The Morgan fingerprint density at radius 3 is 3.00 bits per heavy atom. The summed E-state index contributed by atoms with van der Waals surface area (Å²) in [5, 5.41) is 0. The molecule has 0 amide bonds. The van der Waals surface area contributed by atoms with Gasteiger partial charge >= 0.3 is 0 Å². The Morgan fingerprint density at radius 2 is 2.21 bits per heavy atom. The van der Waals surface area contributed by atoms with Crippen molar-refractivity contribution in [2.24, 2.45) is 5.73 Å². The molecule has 5 heteroatoms. The van der Waals surface area contributed by atoms with Crippen LogP contribution in [0.1, 0.15) is 24.4 Å². The van der Waals surface area contributed by atoms with Crippen molar-refractivity contribution in [2.45, 2.75) is 26.1 Å². The van der Waals surface area contributed by atoms with E-state index in [-0.39, 0.29) is 11.9 Å². The molecule has 2 heterocycles. The van der Waals surface area contributed by atoms with Crippen LogP contribution in [0.5, 0.6) is 0 Å². The predicted molar refractivity (Wildman–Crippen MR) is 72.3 cm³/mol. The minimum Gasteiger partial charge on any atom is -0.362 e. The number of halogens is 1. The highest BCUT2D eigenvalue weighted by Crippen LogP contribution is 2.30. The number of anilines is 1. The molecule has 0 saturated carbocycles. The molecule has 0 aliphatic carbocycles. The largest absolute Gasteiger partial charge is 0.362 e. The lowest BCUT2D eigenvalue weighted by Crippen LogP contribution is -2.34. The number of nitrogens with zero attached hydrogens (tertiary/aromatic N) is 3. The van der Waals surface area contributed by atoms with Gasteiger partial charge < -0.3 is 15.2 Å². The van der Waals surface area contributed by atoms with Crippen molar-refractivity contribution in [3.63, 3.8) is 0 Å². The predicted octanol–water partition coefficient (Wildman–Crippen LogP) is 2.06. The summed E-state index contributed by atoms with van der Waals surface area (Å²) in [6, 6.07) is 4.81. The molecule has 1 aromatic carbocycles. The van der Waals surface area contributed by atoms with E-state index in [1.54, 1.807) is 12.3 Å². The fraction of sp³-hybridized carbons (Fsp3) is 0.357. The molecule has 100 valence electrons. The van der Waals surface area contributed by atoms with Gasteiger partial charge in [0.25, 0.3) is 0 Å². The molecule has 3 rings (SSSR count). The molecule has 4 nitrogen and oxygen atoms in total. The second-order valence-electron chi connectivity index (χ2n) is 4.92. The number of hydrogen-bond donors (Lipinski definition) is 1. The number of fused-ring (bicyclic) bond motifs is 1. The summed E-state index contributed by atoms with van der Waals surface area (Å²) in [5.74, 6) is 0.771. The maximum atomic E-state index is 14.0. The molecule has 19 heavy (non-hydrogen) atoms. The molecule has 2 N–H and O–H groups in total. The number of imidazole rings is 1. The van der Waals surface area contributed by atoms with Crippen LogP contribution in [-0.4, -0.2) is 16.1 Å². The fourth-order valence-corrected chi connectivity index (χ4v) is 2.63. The topological polar surface area (TPSA) is 47.1 Å². The van der Waals surface area contributed by atoms with Crippen molar-refractivity contribution in [1.29, 1.82) is 0 Å². The lowest BCUT2D eigenvalue weighted by atomic mass is 10.0. The molecule has 0 saturated heterocycles. The Hall–Kier alpha value is -1.88. The summed E-state index contributed by atoms with van der Waals surface area (Å²) < 4.78 is 16.1. The second kappa shape index (κ2) is 4.66. The number of hydrogen-bond acceptors (Lipinski definition) is 3. The number of rotatable bonds is 2. The minimum atomic E-state index is -0.321. The summed E-state index contributed by atoms with van der Waals surface area (Å²) >= 11 is 0. The summed E-state index contributed by atoms with van der Waals surface area (Å²) in [7, 11) is 0. The molecule has 0 bridgehead atoms. The molecule has 1 unspecified atom stereocenters. The average Bonchev–Trinajstić information content (AvgIpc) is 2.85. The second-order valence-corrected chi connectivity index (χ2v) is 4.92. The number of benzene rings is 1. The van der Waals surface area contributed by atoms with Gasteiger partial charge in [-0.05, 0) is 19.1 Å². The van der Waals surface area contributed by atoms with E-state index >= 15 is 0 Å². The lowest BCUT2D eigenvalue weighted by Gasteiger charge is -2.32. The Balaban J connectivity index is 1.98. The van der Waals surface area contributed by atoms with Crippen LogP contribution in [0, 0.1) is 5.82 Å². The third-order valence-electron chi connectivity index (χ3n) is 3.57. The van der Waals surface area contributed by atoms with Gasteiger partial charge in [0.2, 0.25) is 0 Å². The standard InChI is InChI=1S/C14H17FN4/c1-10(16)14-11(15)3-2-4-12(14)19-8-7-18-6-5-17-13(18)9-19/h2-6,10H,7-9,16H2,1H3. The van der Waals surface area contributed by atoms with Crippen LogP contribution in [0.3, 0.4) is 0 Å². The molecule has 1 aliphatic heterocycles. The zero-order valence-electron chi connectivity index (χ0n) is 10.9. The van der Waals surface area contributed by atoms with Crippen molar-refractivity contribution < 1.29 is 4.39 Å². The highest BCUT2D eigenvalue weighted by Gasteiger charge is 2.22. The van der Waals surface area contributed by atoms with E-state index in [9.17, 15) is 4.39 Å². The van der Waals surface area contributed by atoms with Gasteiger partial charge in [0.15, 0.2) is 0 Å². The Morgan fingerprint density at radius 1 is 1.37 bits per heavy atom. The van der Waals surface area contributed by atoms with Crippen molar-refractivity contribution >= 4 is 5.69 Å². The normalized spacial score (nSPS) is 16.3. The van der Waals surface area contributed by atoms with Crippen molar-refractivity contribution in [2.75, 3.05) is 11.4 Å². The third kappa shape index (κ3) is 2.10. The van der Waals surface area contributed by atoms with E-state index in [2.05, 4.69) is 14.5 Å². The molecule has 1 atom stereocenters. The lowest BCUT2D eigenvalue weighted by molar-refractivity contribution is 0.549. The van der Waals surface area contributed by atoms with Gasteiger partial charge in [-0.1, -0.05) is 6.07 Å². The first-order valence-electron chi connectivity index (χ1n) is 6.46. The highest BCUT2D eigenvalue weighted by atomic mass is 19.1. The first-order valence-corrected chi connectivity index (χ1v) is 6.46. The molecule has 1 aromatic heterocycles. The van der Waals surface area contributed by atoms with Crippen molar-refractivity contribution in [3.05, 3.63) is 47.8 Å². The van der Waals surface area contributed by atoms with E-state index in [1.165, 1.54) is 6.07 Å². The first kappa shape index (κ1) is 12.2. The highest BCUT2D eigenvalue weighted by molar-refractivity contribution is 5.55. The van der Waals surface area contributed by atoms with Crippen molar-refractivity contribution in [1.82, 2.24) is 9.55 Å². The Labute approximate surface area is 111 Å². The maximum absolute atomic E-state index is 14.0. The van der Waals surface area contributed by atoms with Crippen LogP contribution in [0.25, 0.3) is 0 Å². The Bertz CT molecular complexity index is 591. The van der Waals surface area contributed by atoms with Gasteiger partial charge in [-0.15, -0.1) is 0 Å². The van der Waals surface area contributed by atoms with Crippen molar-refractivity contribution in [3.8, 4) is 0 Å². The average molecular weight is 260 g/mol. The van der Waals surface area contributed by atoms with E-state index in [4.69, 9.17) is 5.73 Å². The van der Waals surface area contributed by atoms with Crippen LogP contribution in [0.2, 0.25) is 0 Å². The van der Waals surface area contributed by atoms with Gasteiger partial charge in [-0.25, -0.2) is 9.37 Å². The van der Waals surface area contributed by atoms with E-state index < -0.39 is 0 Å². The van der Waals surface area contributed by atoms with Gasteiger partial charge in [0, 0.05) is 42.8 Å². The molecule has 0 spiro atoms. The number of aromatic nitrogens is 2. The summed E-state index contributed by atoms with van der Waals surface area (Å²) in [5.41, 5.74) is 7.37. The smallest absolute Gasteiger partial charge is 0.130 e. The summed E-state index contributed by atoms with van der Waals surface area (Å²) in [4.78, 5) is 6.47. The monoisotopic (exact) mass is 260 g/mol. The van der Waals surface area contributed by atoms with Crippen LogP contribution in [-0.2, 0) is 13.1 Å². The van der Waals surface area contributed by atoms with E-state index in [0.717, 1.165) is 24.6 Å². The molecular weight excluding hydrogens is 243 g/mol. The SMILES string of the molecule is CC(N)c1c(F)cccc1N1CCn2ccnc2C1. The minimum absolute atomic E-state index is 0.235. The molecule has 0 fully saturated rings. The maximum Gasteiger partial charge on any atom is 0.130 e. The van der Waals surface area contributed by atoms with E-state index in [1.807, 2.05) is 19.2 Å². The molecule has 0 radical (unpaired) electrons. The van der Waals surface area contributed by atoms with Gasteiger partial charge in [-0.2, -0.15) is 0 Å². The molecule has 2 aromatic rings. The third-order valence-corrected chi connectivity index (χ3v) is 3.57. The molecule has 1 aliphatic rings. The van der Waals surface area contributed by atoms with Gasteiger partial charge in [-0.3, -0.25) is 0 Å². The first-order chi connectivity index (χ1) is 9.16. The Kier molecular flexibility index (Phi) is 2.98. The zero-order valence-corrected chi connectivity index (χ0v) is 10.9. The number of nitrogens with two attached hydrogens (primary N) is 1. The summed E-state index contributed by atoms with van der Waals surface area (Å²) in [6.45, 7) is 4.21. The van der Waals surface area contributed by atoms with Crippen LogP contribution < -0.4 is 10.6 Å². The quantitative estimate of drug-likeness (QED) is 0.899. The summed E-state index contributed by atoms with van der Waals surface area (Å²) in [6.07, 6.45) is 3.78. The van der Waals surface area contributed by atoms with Crippen LogP contribution in [0.4, 0.5) is 10.1 Å². The van der Waals surface area contributed by atoms with Crippen LogP contribution in [0.15, 0.2) is 30.6 Å². The van der Waals surface area contributed by atoms with Crippen LogP contribution >= 0.6 is 0 Å². The van der Waals surface area contributed by atoms with Gasteiger partial charge in [0.1, 0.15) is 11.6 Å². The molecular formula is C14H17FN4. The van der Waals surface area contributed by atoms with Gasteiger partial charge in [0.05, 0.1) is 6.54 Å².